The minimum Gasteiger partial charge on any atom is -0.338 e. The highest BCUT2D eigenvalue weighted by molar-refractivity contribution is 5.74. The number of hydrogen-bond donors (Lipinski definition) is 2. The van der Waals surface area contributed by atoms with E-state index in [1.54, 1.807) is 0 Å². The number of aryl methyl sites for hydroxylation is 1. The van der Waals surface area contributed by atoms with Gasteiger partial charge in [0.2, 0.25) is 0 Å². The Kier molecular flexibility index (Phi) is 6.15. The number of carbonyl (C=O) groups is 1. The van der Waals surface area contributed by atoms with Crippen molar-refractivity contribution in [2.24, 2.45) is 0 Å². The summed E-state index contributed by atoms with van der Waals surface area (Å²) in [7, 11) is 0. The van der Waals surface area contributed by atoms with E-state index in [1.807, 2.05) is 32.0 Å². The summed E-state index contributed by atoms with van der Waals surface area (Å²) in [6, 6.07) is 10.5. The summed E-state index contributed by atoms with van der Waals surface area (Å²) in [5.74, 6) is 0. The van der Waals surface area contributed by atoms with Crippen LogP contribution in [0, 0.1) is 0 Å². The molecule has 17 heavy (non-hydrogen) atoms. The Labute approximate surface area is 104 Å². The maximum absolute atomic E-state index is 11.4. The first kappa shape index (κ1) is 13.6. The molecule has 94 valence electrons. The van der Waals surface area contributed by atoms with Crippen molar-refractivity contribution in [3.63, 3.8) is 0 Å². The Hall–Kier alpha value is -1.51. The molecule has 1 aromatic rings. The number of carbonyl (C=O) groups excluding carboxylic acids is 1. The van der Waals surface area contributed by atoms with Crippen molar-refractivity contribution in [1.29, 1.82) is 0 Å². The summed E-state index contributed by atoms with van der Waals surface area (Å²) >= 11 is 0. The van der Waals surface area contributed by atoms with Gasteiger partial charge in [-0.15, -0.1) is 0 Å². The molecule has 3 nitrogen and oxygen atoms in total. The molecule has 0 aliphatic rings. The fraction of sp³-hybridized carbons (Fsp3) is 0.500. The Morgan fingerprint density at radius 2 is 2.00 bits per heavy atom. The van der Waals surface area contributed by atoms with Crippen LogP contribution in [0.3, 0.4) is 0 Å². The third-order valence-electron chi connectivity index (χ3n) is 2.62. The molecule has 0 aliphatic carbocycles. The van der Waals surface area contributed by atoms with Crippen molar-refractivity contribution in [3.05, 3.63) is 35.9 Å². The molecule has 0 spiro atoms. The van der Waals surface area contributed by atoms with Crippen LogP contribution in [-0.4, -0.2) is 18.6 Å². The highest BCUT2D eigenvalue weighted by Crippen LogP contribution is 2.04. The lowest BCUT2D eigenvalue weighted by atomic mass is 10.1. The van der Waals surface area contributed by atoms with E-state index in [1.165, 1.54) is 5.56 Å². The largest absolute Gasteiger partial charge is 0.338 e. The number of hydrogen-bond acceptors (Lipinski definition) is 1. The van der Waals surface area contributed by atoms with Crippen molar-refractivity contribution in [2.45, 2.75) is 39.2 Å². The van der Waals surface area contributed by atoms with Crippen LogP contribution in [0.4, 0.5) is 4.79 Å². The summed E-state index contributed by atoms with van der Waals surface area (Å²) in [4.78, 5) is 11.4. The average Bonchev–Trinajstić information content (AvgIpc) is 2.35. The molecule has 0 aromatic heterocycles. The van der Waals surface area contributed by atoms with Crippen LogP contribution in [0.2, 0.25) is 0 Å². The predicted molar refractivity (Wildman–Crippen MR) is 71.1 cm³/mol. The molecule has 1 atom stereocenters. The molecule has 2 N–H and O–H groups in total. The SMILES string of the molecule is CCCNC(=O)N[C@@H](C)CCc1ccccc1. The summed E-state index contributed by atoms with van der Waals surface area (Å²) in [6.07, 6.45) is 2.92. The minimum atomic E-state index is -0.0626. The lowest BCUT2D eigenvalue weighted by Crippen LogP contribution is -2.41. The Morgan fingerprint density at radius 3 is 2.65 bits per heavy atom. The first-order chi connectivity index (χ1) is 8.22. The topological polar surface area (TPSA) is 41.1 Å². The van der Waals surface area contributed by atoms with Gasteiger partial charge in [0.05, 0.1) is 0 Å². The van der Waals surface area contributed by atoms with Crippen molar-refractivity contribution in [2.75, 3.05) is 6.54 Å². The Bertz CT molecular complexity index is 324. The first-order valence-electron chi connectivity index (χ1n) is 6.30. The second-order valence-corrected chi connectivity index (χ2v) is 4.33. The molecular formula is C14H22N2O. The van der Waals surface area contributed by atoms with Crippen molar-refractivity contribution < 1.29 is 4.79 Å². The summed E-state index contributed by atoms with van der Waals surface area (Å²) < 4.78 is 0. The normalized spacial score (nSPS) is 11.9. The van der Waals surface area contributed by atoms with Crippen molar-refractivity contribution in [1.82, 2.24) is 10.6 Å². The first-order valence-corrected chi connectivity index (χ1v) is 6.30. The van der Waals surface area contributed by atoms with Gasteiger partial charge in [-0.1, -0.05) is 37.3 Å². The highest BCUT2D eigenvalue weighted by atomic mass is 16.2. The zero-order valence-electron chi connectivity index (χ0n) is 10.7. The molecule has 0 fully saturated rings. The van der Waals surface area contributed by atoms with E-state index in [-0.39, 0.29) is 12.1 Å². The van der Waals surface area contributed by atoms with Gasteiger partial charge in [-0.05, 0) is 31.7 Å². The van der Waals surface area contributed by atoms with E-state index in [0.29, 0.717) is 0 Å². The minimum absolute atomic E-state index is 0.0626. The molecule has 0 radical (unpaired) electrons. The quantitative estimate of drug-likeness (QED) is 0.780. The molecule has 0 unspecified atom stereocenters. The van der Waals surface area contributed by atoms with E-state index in [4.69, 9.17) is 0 Å². The van der Waals surface area contributed by atoms with Gasteiger partial charge < -0.3 is 10.6 Å². The molecule has 0 aliphatic heterocycles. The van der Waals surface area contributed by atoms with Crippen LogP contribution in [0.15, 0.2) is 30.3 Å². The lowest BCUT2D eigenvalue weighted by Gasteiger charge is -2.14. The van der Waals surface area contributed by atoms with Gasteiger partial charge in [0.15, 0.2) is 0 Å². The highest BCUT2D eigenvalue weighted by Gasteiger charge is 2.06. The average molecular weight is 234 g/mol. The molecule has 1 aromatic carbocycles. The molecule has 0 saturated carbocycles. The second-order valence-electron chi connectivity index (χ2n) is 4.33. The second kappa shape index (κ2) is 7.71. The molecule has 0 saturated heterocycles. The van der Waals surface area contributed by atoms with E-state index >= 15 is 0 Å². The summed E-state index contributed by atoms with van der Waals surface area (Å²) in [6.45, 7) is 4.81. The van der Waals surface area contributed by atoms with Crippen molar-refractivity contribution in [3.8, 4) is 0 Å². The summed E-state index contributed by atoms with van der Waals surface area (Å²) in [5, 5.41) is 5.75. The number of amides is 2. The predicted octanol–water partition coefficient (Wildman–Crippen LogP) is 2.72. The van der Waals surface area contributed by atoms with Gasteiger partial charge in [-0.3, -0.25) is 0 Å². The Morgan fingerprint density at radius 1 is 1.29 bits per heavy atom. The number of urea groups is 1. The van der Waals surface area contributed by atoms with Crippen LogP contribution >= 0.6 is 0 Å². The van der Waals surface area contributed by atoms with Crippen LogP contribution in [0.5, 0.6) is 0 Å². The third-order valence-corrected chi connectivity index (χ3v) is 2.62. The standard InChI is InChI=1S/C14H22N2O/c1-3-11-15-14(17)16-12(2)9-10-13-7-5-4-6-8-13/h4-8,12H,3,9-11H2,1-2H3,(H2,15,16,17)/t12-/m0/s1. The van der Waals surface area contributed by atoms with Gasteiger partial charge in [0.25, 0.3) is 0 Å². The Balaban J connectivity index is 2.21. The molecule has 2 amide bonds. The fourth-order valence-electron chi connectivity index (χ4n) is 1.61. The van der Waals surface area contributed by atoms with Gasteiger partial charge in [0.1, 0.15) is 0 Å². The molecule has 0 heterocycles. The smallest absolute Gasteiger partial charge is 0.314 e. The molecule has 0 bridgehead atoms. The maximum atomic E-state index is 11.4. The van der Waals surface area contributed by atoms with Gasteiger partial charge >= 0.3 is 6.03 Å². The summed E-state index contributed by atoms with van der Waals surface area (Å²) in [5.41, 5.74) is 1.31. The van der Waals surface area contributed by atoms with E-state index < -0.39 is 0 Å². The molecule has 3 heteroatoms. The van der Waals surface area contributed by atoms with E-state index in [9.17, 15) is 4.79 Å². The maximum Gasteiger partial charge on any atom is 0.314 e. The van der Waals surface area contributed by atoms with Gasteiger partial charge in [-0.2, -0.15) is 0 Å². The number of nitrogens with one attached hydrogen (secondary N) is 2. The van der Waals surface area contributed by atoms with E-state index in [0.717, 1.165) is 25.8 Å². The van der Waals surface area contributed by atoms with Crippen LogP contribution in [0.1, 0.15) is 32.3 Å². The van der Waals surface area contributed by atoms with E-state index in [2.05, 4.69) is 22.8 Å². The third kappa shape index (κ3) is 5.95. The van der Waals surface area contributed by atoms with Crippen LogP contribution in [-0.2, 0) is 6.42 Å². The molecular weight excluding hydrogens is 212 g/mol. The zero-order chi connectivity index (χ0) is 12.5. The monoisotopic (exact) mass is 234 g/mol. The molecule has 1 rings (SSSR count). The van der Waals surface area contributed by atoms with Crippen molar-refractivity contribution >= 4 is 6.03 Å². The number of rotatable bonds is 6. The van der Waals surface area contributed by atoms with Gasteiger partial charge in [0, 0.05) is 12.6 Å². The van der Waals surface area contributed by atoms with Crippen LogP contribution in [0.25, 0.3) is 0 Å². The van der Waals surface area contributed by atoms with Gasteiger partial charge in [-0.25, -0.2) is 4.79 Å². The lowest BCUT2D eigenvalue weighted by molar-refractivity contribution is 0.237. The zero-order valence-corrected chi connectivity index (χ0v) is 10.7. The number of benzene rings is 1. The fourth-order valence-corrected chi connectivity index (χ4v) is 1.61. The van der Waals surface area contributed by atoms with Crippen LogP contribution < -0.4 is 10.6 Å².